The SMILES string of the molecule is CC(C)CC(N)C(=O)OOC(=O)C(C)C(N)c1ccc2c(c1)OCO2. The number of rotatable bonds is 6. The van der Waals surface area contributed by atoms with Crippen LogP contribution >= 0.6 is 0 Å². The molecule has 3 atom stereocenters. The monoisotopic (exact) mass is 352 g/mol. The molecule has 2 rings (SSSR count). The van der Waals surface area contributed by atoms with Crippen molar-refractivity contribution in [3.63, 3.8) is 0 Å². The molecule has 138 valence electrons. The van der Waals surface area contributed by atoms with Gasteiger partial charge in [0.25, 0.3) is 0 Å². The number of hydrogen-bond donors (Lipinski definition) is 2. The van der Waals surface area contributed by atoms with E-state index in [2.05, 4.69) is 9.78 Å². The van der Waals surface area contributed by atoms with Crippen molar-refractivity contribution in [3.05, 3.63) is 23.8 Å². The van der Waals surface area contributed by atoms with Gasteiger partial charge in [0.1, 0.15) is 6.04 Å². The van der Waals surface area contributed by atoms with Gasteiger partial charge in [-0.1, -0.05) is 19.9 Å². The number of ether oxygens (including phenoxy) is 2. The summed E-state index contributed by atoms with van der Waals surface area (Å²) in [4.78, 5) is 32.9. The molecule has 1 aliphatic rings. The first kappa shape index (κ1) is 19.0. The Morgan fingerprint density at radius 1 is 1.08 bits per heavy atom. The summed E-state index contributed by atoms with van der Waals surface area (Å²) < 4.78 is 10.5. The van der Waals surface area contributed by atoms with E-state index in [-0.39, 0.29) is 12.7 Å². The van der Waals surface area contributed by atoms with Gasteiger partial charge in [-0.2, -0.15) is 0 Å². The summed E-state index contributed by atoms with van der Waals surface area (Å²) in [5.41, 5.74) is 12.4. The fourth-order valence-electron chi connectivity index (χ4n) is 2.38. The van der Waals surface area contributed by atoms with Crippen LogP contribution in [0.5, 0.6) is 11.5 Å². The predicted octanol–water partition coefficient (Wildman–Crippen LogP) is 1.43. The van der Waals surface area contributed by atoms with Gasteiger partial charge in [-0.05, 0) is 37.0 Å². The minimum atomic E-state index is -0.842. The summed E-state index contributed by atoms with van der Waals surface area (Å²) in [5, 5.41) is 0. The molecule has 8 nitrogen and oxygen atoms in total. The zero-order chi connectivity index (χ0) is 18.6. The topological polar surface area (TPSA) is 123 Å². The normalized spacial score (nSPS) is 16.2. The molecule has 0 aliphatic carbocycles. The summed E-state index contributed by atoms with van der Waals surface area (Å²) in [7, 11) is 0. The van der Waals surface area contributed by atoms with E-state index in [0.29, 0.717) is 23.5 Å². The Hall–Kier alpha value is -2.32. The van der Waals surface area contributed by atoms with Gasteiger partial charge in [-0.15, -0.1) is 0 Å². The molecule has 1 aromatic carbocycles. The minimum absolute atomic E-state index is 0.151. The molecule has 4 N–H and O–H groups in total. The van der Waals surface area contributed by atoms with Crippen molar-refractivity contribution in [1.29, 1.82) is 0 Å². The van der Waals surface area contributed by atoms with Gasteiger partial charge in [0.2, 0.25) is 6.79 Å². The van der Waals surface area contributed by atoms with E-state index in [1.54, 1.807) is 25.1 Å². The van der Waals surface area contributed by atoms with Gasteiger partial charge in [0.05, 0.1) is 5.92 Å². The Morgan fingerprint density at radius 3 is 2.40 bits per heavy atom. The van der Waals surface area contributed by atoms with E-state index in [4.69, 9.17) is 20.9 Å². The molecule has 3 unspecified atom stereocenters. The highest BCUT2D eigenvalue weighted by Crippen LogP contribution is 2.35. The number of nitrogens with two attached hydrogens (primary N) is 2. The molecular weight excluding hydrogens is 328 g/mol. The summed E-state index contributed by atoms with van der Waals surface area (Å²) in [5.74, 6) is -0.869. The molecule has 8 heteroatoms. The number of carbonyl (C=O) groups excluding carboxylic acids is 2. The average molecular weight is 352 g/mol. The van der Waals surface area contributed by atoms with Crippen molar-refractivity contribution in [2.45, 2.75) is 39.3 Å². The van der Waals surface area contributed by atoms with Crippen molar-refractivity contribution in [2.24, 2.45) is 23.3 Å². The van der Waals surface area contributed by atoms with Gasteiger partial charge in [0.15, 0.2) is 11.5 Å². The Bertz CT molecular complexity index is 634. The van der Waals surface area contributed by atoms with Crippen LogP contribution in [-0.2, 0) is 19.4 Å². The van der Waals surface area contributed by atoms with Crippen molar-refractivity contribution in [3.8, 4) is 11.5 Å². The molecule has 25 heavy (non-hydrogen) atoms. The van der Waals surface area contributed by atoms with Gasteiger partial charge in [-0.3, -0.25) is 0 Å². The fourth-order valence-corrected chi connectivity index (χ4v) is 2.38. The second-order valence-electron chi connectivity index (χ2n) is 6.47. The predicted molar refractivity (Wildman–Crippen MR) is 88.3 cm³/mol. The Morgan fingerprint density at radius 2 is 1.72 bits per heavy atom. The maximum absolute atomic E-state index is 12.1. The van der Waals surface area contributed by atoms with E-state index < -0.39 is 29.9 Å². The summed E-state index contributed by atoms with van der Waals surface area (Å²) in [6.07, 6.45) is 0.433. The highest BCUT2D eigenvalue weighted by Gasteiger charge is 2.28. The maximum atomic E-state index is 12.1. The van der Waals surface area contributed by atoms with Crippen molar-refractivity contribution >= 4 is 11.9 Å². The summed E-state index contributed by atoms with van der Waals surface area (Å²) in [6, 6.07) is 3.67. The zero-order valence-electron chi connectivity index (χ0n) is 14.6. The van der Waals surface area contributed by atoms with Crippen LogP contribution in [0, 0.1) is 11.8 Å². The number of hydrogen-bond acceptors (Lipinski definition) is 8. The Labute approximate surface area is 146 Å². The fraction of sp³-hybridized carbons (Fsp3) is 0.529. The van der Waals surface area contributed by atoms with Crippen LogP contribution in [0.2, 0.25) is 0 Å². The van der Waals surface area contributed by atoms with Crippen molar-refractivity contribution < 1.29 is 28.8 Å². The van der Waals surface area contributed by atoms with Crippen LogP contribution in [0.4, 0.5) is 0 Å². The lowest BCUT2D eigenvalue weighted by molar-refractivity contribution is -0.263. The van der Waals surface area contributed by atoms with Gasteiger partial charge < -0.3 is 20.9 Å². The van der Waals surface area contributed by atoms with E-state index in [9.17, 15) is 9.59 Å². The van der Waals surface area contributed by atoms with Crippen LogP contribution in [0.25, 0.3) is 0 Å². The van der Waals surface area contributed by atoms with Crippen molar-refractivity contribution in [2.75, 3.05) is 6.79 Å². The molecule has 0 radical (unpaired) electrons. The van der Waals surface area contributed by atoms with Crippen LogP contribution in [0.15, 0.2) is 18.2 Å². The first-order chi connectivity index (χ1) is 11.8. The third-order valence-corrected chi connectivity index (χ3v) is 3.93. The molecule has 1 aliphatic heterocycles. The molecule has 1 heterocycles. The van der Waals surface area contributed by atoms with Crippen LogP contribution in [0.1, 0.15) is 38.8 Å². The quantitative estimate of drug-likeness (QED) is 0.582. The van der Waals surface area contributed by atoms with E-state index in [1.165, 1.54) is 0 Å². The molecule has 0 saturated carbocycles. The first-order valence-electron chi connectivity index (χ1n) is 8.12. The lowest BCUT2D eigenvalue weighted by Crippen LogP contribution is -2.35. The van der Waals surface area contributed by atoms with Gasteiger partial charge >= 0.3 is 11.9 Å². The third kappa shape index (κ3) is 4.83. The van der Waals surface area contributed by atoms with Crippen LogP contribution in [0.3, 0.4) is 0 Å². The molecule has 1 aromatic rings. The Kier molecular flexibility index (Phi) is 6.22. The molecule has 0 fully saturated rings. The highest BCUT2D eigenvalue weighted by molar-refractivity contribution is 5.77. The zero-order valence-corrected chi connectivity index (χ0v) is 14.6. The van der Waals surface area contributed by atoms with Crippen molar-refractivity contribution in [1.82, 2.24) is 0 Å². The first-order valence-corrected chi connectivity index (χ1v) is 8.12. The smallest absolute Gasteiger partial charge is 0.372 e. The van der Waals surface area contributed by atoms with Crippen LogP contribution < -0.4 is 20.9 Å². The maximum Gasteiger partial charge on any atom is 0.372 e. The summed E-state index contributed by atoms with van der Waals surface area (Å²) >= 11 is 0. The van der Waals surface area contributed by atoms with E-state index in [0.717, 1.165) is 0 Å². The lowest BCUT2D eigenvalue weighted by atomic mass is 9.95. The van der Waals surface area contributed by atoms with Gasteiger partial charge in [0, 0.05) is 6.04 Å². The average Bonchev–Trinajstić information content (AvgIpc) is 3.04. The van der Waals surface area contributed by atoms with Crippen LogP contribution in [-0.4, -0.2) is 24.8 Å². The second-order valence-corrected chi connectivity index (χ2v) is 6.47. The minimum Gasteiger partial charge on any atom is -0.454 e. The lowest BCUT2D eigenvalue weighted by Gasteiger charge is -2.19. The number of carbonyl (C=O) groups is 2. The molecule has 0 aromatic heterocycles. The molecule has 0 spiro atoms. The Balaban J connectivity index is 1.89. The molecule has 0 saturated heterocycles. The molecule has 0 amide bonds. The highest BCUT2D eigenvalue weighted by atomic mass is 17.2. The van der Waals surface area contributed by atoms with E-state index in [1.807, 2.05) is 13.8 Å². The van der Waals surface area contributed by atoms with E-state index >= 15 is 0 Å². The number of benzene rings is 1. The van der Waals surface area contributed by atoms with Gasteiger partial charge in [-0.25, -0.2) is 19.4 Å². The second kappa shape index (κ2) is 8.17. The number of fused-ring (bicyclic) bond motifs is 1. The largest absolute Gasteiger partial charge is 0.454 e. The standard InChI is InChI=1S/C17H24N2O6/c1-9(2)6-12(18)17(21)25-24-16(20)10(3)15(19)11-4-5-13-14(7-11)23-8-22-13/h4-5,7,9-10,12,15H,6,8,18-19H2,1-3H3. The third-order valence-electron chi connectivity index (χ3n) is 3.93. The molecule has 0 bridgehead atoms. The molecular formula is C17H24N2O6. The summed E-state index contributed by atoms with van der Waals surface area (Å²) in [6.45, 7) is 5.58.